The first-order chi connectivity index (χ1) is 11.9. The summed E-state index contributed by atoms with van der Waals surface area (Å²) < 4.78 is 39.4. The van der Waals surface area contributed by atoms with Crippen LogP contribution in [0.2, 0.25) is 0 Å². The van der Waals surface area contributed by atoms with Gasteiger partial charge in [0.1, 0.15) is 0 Å². The van der Waals surface area contributed by atoms with E-state index in [0.717, 1.165) is 12.0 Å². The smallest absolute Gasteiger partial charge is 0.399 e. The molecule has 0 unspecified atom stereocenters. The molecular weight excluding hydrogens is 351 g/mol. The molecule has 0 bridgehead atoms. The molecule has 8 heteroatoms. The van der Waals surface area contributed by atoms with Crippen LogP contribution in [0.4, 0.5) is 0 Å². The Morgan fingerprint density at radius 2 is 1.73 bits per heavy atom. The summed E-state index contributed by atoms with van der Waals surface area (Å²) >= 11 is 0. The minimum Gasteiger partial charge on any atom is -0.399 e. The molecule has 2 heterocycles. The standard InChI is InChI=1S/C18H29BN2O4S/c1-17(2)18(3,4)25-19(24-17)15-8-7-9-16(10-15)26(22,23)21-12-14(13-21)11-20(5)6/h7-10,14H,11-13H2,1-6H3. The molecule has 3 rings (SSSR count). The summed E-state index contributed by atoms with van der Waals surface area (Å²) in [5.74, 6) is 0.394. The molecule has 2 saturated heterocycles. The highest BCUT2D eigenvalue weighted by molar-refractivity contribution is 7.89. The van der Waals surface area contributed by atoms with Crippen LogP contribution in [0.25, 0.3) is 0 Å². The third kappa shape index (κ3) is 3.58. The van der Waals surface area contributed by atoms with Crippen molar-refractivity contribution in [3.8, 4) is 0 Å². The first-order valence-corrected chi connectivity index (χ1v) is 10.5. The van der Waals surface area contributed by atoms with Gasteiger partial charge < -0.3 is 14.2 Å². The quantitative estimate of drug-likeness (QED) is 0.718. The van der Waals surface area contributed by atoms with Gasteiger partial charge in [0, 0.05) is 19.6 Å². The molecule has 6 nitrogen and oxygen atoms in total. The number of benzene rings is 1. The average Bonchev–Trinajstić information content (AvgIpc) is 2.70. The second-order valence-electron chi connectivity index (χ2n) is 8.61. The van der Waals surface area contributed by atoms with E-state index in [9.17, 15) is 8.42 Å². The van der Waals surface area contributed by atoms with Gasteiger partial charge in [-0.1, -0.05) is 12.1 Å². The summed E-state index contributed by atoms with van der Waals surface area (Å²) in [6.07, 6.45) is 0. The van der Waals surface area contributed by atoms with Gasteiger partial charge in [0.25, 0.3) is 0 Å². The fourth-order valence-corrected chi connectivity index (χ4v) is 4.95. The van der Waals surface area contributed by atoms with E-state index in [-0.39, 0.29) is 0 Å². The Labute approximate surface area is 157 Å². The number of sulfonamides is 1. The maximum atomic E-state index is 12.9. The lowest BCUT2D eigenvalue weighted by molar-refractivity contribution is 0.00578. The van der Waals surface area contributed by atoms with Crippen molar-refractivity contribution >= 4 is 22.6 Å². The Morgan fingerprint density at radius 1 is 1.15 bits per heavy atom. The van der Waals surface area contributed by atoms with Crippen LogP contribution in [0.15, 0.2) is 29.2 Å². The van der Waals surface area contributed by atoms with Crippen LogP contribution in [0, 0.1) is 5.92 Å². The molecule has 0 amide bonds. The van der Waals surface area contributed by atoms with Crippen molar-refractivity contribution in [3.05, 3.63) is 24.3 Å². The first-order valence-electron chi connectivity index (χ1n) is 9.03. The van der Waals surface area contributed by atoms with Crippen LogP contribution in [-0.2, 0) is 19.3 Å². The normalized spacial score (nSPS) is 23.4. The van der Waals surface area contributed by atoms with E-state index in [2.05, 4.69) is 4.90 Å². The van der Waals surface area contributed by atoms with Crippen LogP contribution in [0.5, 0.6) is 0 Å². The SMILES string of the molecule is CN(C)CC1CN(S(=O)(=O)c2cccc(B3OC(C)(C)C(C)(C)O3)c2)C1. The minimum atomic E-state index is -3.48. The van der Waals surface area contributed by atoms with Crippen LogP contribution in [-0.4, -0.2) is 69.7 Å². The molecule has 2 fully saturated rings. The topological polar surface area (TPSA) is 59.1 Å². The highest BCUT2D eigenvalue weighted by atomic mass is 32.2. The predicted molar refractivity (Wildman–Crippen MR) is 103 cm³/mol. The Morgan fingerprint density at radius 3 is 2.27 bits per heavy atom. The Bertz CT molecular complexity index is 757. The summed E-state index contributed by atoms with van der Waals surface area (Å²) in [5, 5.41) is 0. The number of hydrogen-bond donors (Lipinski definition) is 0. The highest BCUT2D eigenvalue weighted by Crippen LogP contribution is 2.36. The Hall–Kier alpha value is -0.925. The summed E-state index contributed by atoms with van der Waals surface area (Å²) in [6.45, 7) is 9.98. The molecule has 2 aliphatic heterocycles. The molecule has 0 N–H and O–H groups in total. The third-order valence-corrected chi connectivity index (χ3v) is 7.40. The van der Waals surface area contributed by atoms with Gasteiger partial charge in [0.15, 0.2) is 0 Å². The van der Waals surface area contributed by atoms with Crippen molar-refractivity contribution in [2.24, 2.45) is 5.92 Å². The maximum Gasteiger partial charge on any atom is 0.494 e. The molecule has 2 aliphatic rings. The van der Waals surface area contributed by atoms with Crippen molar-refractivity contribution < 1.29 is 17.7 Å². The Balaban J connectivity index is 1.76. The average molecular weight is 380 g/mol. The predicted octanol–water partition coefficient (Wildman–Crippen LogP) is 1.17. The zero-order chi connectivity index (χ0) is 19.3. The third-order valence-electron chi connectivity index (χ3n) is 5.57. The van der Waals surface area contributed by atoms with E-state index in [1.807, 2.05) is 47.9 Å². The van der Waals surface area contributed by atoms with Crippen molar-refractivity contribution in [1.29, 1.82) is 0 Å². The molecule has 144 valence electrons. The van der Waals surface area contributed by atoms with Crippen molar-refractivity contribution in [2.75, 3.05) is 33.7 Å². The molecule has 0 atom stereocenters. The van der Waals surface area contributed by atoms with Crippen molar-refractivity contribution in [3.63, 3.8) is 0 Å². The molecular formula is C18H29BN2O4S. The molecule has 0 aromatic heterocycles. The summed E-state index contributed by atoms with van der Waals surface area (Å²) in [4.78, 5) is 2.39. The fourth-order valence-electron chi connectivity index (χ4n) is 3.30. The van der Waals surface area contributed by atoms with Gasteiger partial charge in [-0.25, -0.2) is 8.42 Å². The number of hydrogen-bond acceptors (Lipinski definition) is 5. The lowest BCUT2D eigenvalue weighted by Crippen LogP contribution is -2.53. The van der Waals surface area contributed by atoms with Gasteiger partial charge in [-0.2, -0.15) is 4.31 Å². The van der Waals surface area contributed by atoms with Gasteiger partial charge >= 0.3 is 7.12 Å². The van der Waals surface area contributed by atoms with Gasteiger partial charge in [-0.15, -0.1) is 0 Å². The lowest BCUT2D eigenvalue weighted by atomic mass is 9.79. The molecule has 1 aromatic rings. The zero-order valence-electron chi connectivity index (χ0n) is 16.5. The highest BCUT2D eigenvalue weighted by Gasteiger charge is 2.51. The monoisotopic (exact) mass is 380 g/mol. The minimum absolute atomic E-state index is 0.299. The molecule has 0 saturated carbocycles. The summed E-state index contributed by atoms with van der Waals surface area (Å²) in [6, 6.07) is 6.93. The van der Waals surface area contributed by atoms with Crippen molar-refractivity contribution in [2.45, 2.75) is 43.8 Å². The molecule has 26 heavy (non-hydrogen) atoms. The van der Waals surface area contributed by atoms with E-state index in [0.29, 0.717) is 23.9 Å². The zero-order valence-corrected chi connectivity index (χ0v) is 17.3. The van der Waals surface area contributed by atoms with E-state index in [4.69, 9.17) is 9.31 Å². The molecule has 0 aliphatic carbocycles. The molecule has 0 radical (unpaired) electrons. The van der Waals surface area contributed by atoms with Gasteiger partial charge in [0.2, 0.25) is 10.0 Å². The van der Waals surface area contributed by atoms with Gasteiger partial charge in [-0.05, 0) is 65.3 Å². The first kappa shape index (κ1) is 19.8. The summed E-state index contributed by atoms with van der Waals surface area (Å²) in [7, 11) is -0.0285. The molecule has 0 spiro atoms. The van der Waals surface area contributed by atoms with E-state index in [1.165, 1.54) is 0 Å². The van der Waals surface area contributed by atoms with Crippen molar-refractivity contribution in [1.82, 2.24) is 9.21 Å². The van der Waals surface area contributed by atoms with E-state index in [1.54, 1.807) is 22.5 Å². The van der Waals surface area contributed by atoms with E-state index < -0.39 is 28.3 Å². The van der Waals surface area contributed by atoms with Gasteiger partial charge in [-0.3, -0.25) is 0 Å². The lowest BCUT2D eigenvalue weighted by Gasteiger charge is -2.39. The Kier molecular flexibility index (Phi) is 5.03. The fraction of sp³-hybridized carbons (Fsp3) is 0.667. The second-order valence-corrected chi connectivity index (χ2v) is 10.5. The second kappa shape index (κ2) is 6.60. The van der Waals surface area contributed by atoms with Crippen LogP contribution >= 0.6 is 0 Å². The number of rotatable bonds is 5. The van der Waals surface area contributed by atoms with Gasteiger partial charge in [0.05, 0.1) is 16.1 Å². The van der Waals surface area contributed by atoms with Crippen LogP contribution in [0.3, 0.4) is 0 Å². The van der Waals surface area contributed by atoms with Crippen LogP contribution in [0.1, 0.15) is 27.7 Å². The molecule has 1 aromatic carbocycles. The maximum absolute atomic E-state index is 12.9. The largest absolute Gasteiger partial charge is 0.494 e. The van der Waals surface area contributed by atoms with E-state index >= 15 is 0 Å². The summed E-state index contributed by atoms with van der Waals surface area (Å²) in [5.41, 5.74) is -0.178. The van der Waals surface area contributed by atoms with Crippen LogP contribution < -0.4 is 5.46 Å². The number of nitrogens with zero attached hydrogens (tertiary/aromatic N) is 2.